The molecule has 0 heterocycles. The van der Waals surface area contributed by atoms with E-state index in [0.717, 1.165) is 6.07 Å². The second kappa shape index (κ2) is 3.54. The van der Waals surface area contributed by atoms with E-state index in [4.69, 9.17) is 11.6 Å². The van der Waals surface area contributed by atoms with Gasteiger partial charge in [-0.1, -0.05) is 11.6 Å². The number of halogens is 3. The summed E-state index contributed by atoms with van der Waals surface area (Å²) in [7, 11) is 0. The fourth-order valence-electron chi connectivity index (χ4n) is 0.792. The summed E-state index contributed by atoms with van der Waals surface area (Å²) in [5.41, 5.74) is 0.303. The highest BCUT2D eigenvalue weighted by Gasteiger charge is 2.09. The third-order valence-electron chi connectivity index (χ3n) is 1.39. The molecule has 64 valence electrons. The molecule has 0 unspecified atom stereocenters. The minimum Gasteiger partial charge on any atom is -0.294 e. The summed E-state index contributed by atoms with van der Waals surface area (Å²) in [5, 5.41) is 0.00637. The average molecular weight is 251 g/mol. The largest absolute Gasteiger partial charge is 0.294 e. The van der Waals surface area contributed by atoms with Crippen molar-refractivity contribution in [1.82, 2.24) is 0 Å². The molecule has 1 nitrogen and oxygen atoms in total. The Morgan fingerprint density at radius 1 is 1.58 bits per heavy atom. The van der Waals surface area contributed by atoms with Crippen LogP contribution in [-0.4, -0.2) is 5.78 Å². The van der Waals surface area contributed by atoms with Gasteiger partial charge in [0.2, 0.25) is 0 Å². The Labute approximate surface area is 82.7 Å². The molecule has 1 aromatic rings. The molecule has 0 spiro atoms. The van der Waals surface area contributed by atoms with Crippen molar-refractivity contribution < 1.29 is 9.18 Å². The van der Waals surface area contributed by atoms with Gasteiger partial charge in [0.1, 0.15) is 5.82 Å². The van der Waals surface area contributed by atoms with E-state index in [1.165, 1.54) is 13.0 Å². The predicted molar refractivity (Wildman–Crippen MR) is 49.1 cm³/mol. The molecule has 0 fully saturated rings. The maximum Gasteiger partial charge on any atom is 0.161 e. The summed E-state index contributed by atoms with van der Waals surface area (Å²) in [6, 6.07) is 2.49. The van der Waals surface area contributed by atoms with E-state index < -0.39 is 5.82 Å². The fraction of sp³-hybridized carbons (Fsp3) is 0.125. The summed E-state index contributed by atoms with van der Waals surface area (Å²) in [4.78, 5) is 10.9. The number of benzene rings is 1. The van der Waals surface area contributed by atoms with Gasteiger partial charge in [-0.3, -0.25) is 4.79 Å². The summed E-state index contributed by atoms with van der Waals surface area (Å²) >= 11 is 8.58. The second-order valence-corrected chi connectivity index (χ2v) is 3.56. The normalized spacial score (nSPS) is 10.0. The third-order valence-corrected chi connectivity index (χ3v) is 2.33. The van der Waals surface area contributed by atoms with Crippen molar-refractivity contribution in [2.45, 2.75) is 6.92 Å². The number of rotatable bonds is 1. The molecule has 0 radical (unpaired) electrons. The third kappa shape index (κ3) is 1.84. The average Bonchev–Trinajstić information content (AvgIpc) is 1.96. The van der Waals surface area contributed by atoms with Crippen molar-refractivity contribution in [2.24, 2.45) is 0 Å². The number of carbonyl (C=O) groups excluding carboxylic acids is 1. The lowest BCUT2D eigenvalue weighted by Crippen LogP contribution is -1.95. The number of carbonyl (C=O) groups is 1. The van der Waals surface area contributed by atoms with Gasteiger partial charge in [0, 0.05) is 10.0 Å². The van der Waals surface area contributed by atoms with Gasteiger partial charge in [-0.05, 0) is 35.0 Å². The van der Waals surface area contributed by atoms with Crippen LogP contribution in [0.25, 0.3) is 0 Å². The van der Waals surface area contributed by atoms with E-state index in [-0.39, 0.29) is 10.8 Å². The van der Waals surface area contributed by atoms with Gasteiger partial charge in [0.05, 0.1) is 5.02 Å². The second-order valence-electron chi connectivity index (χ2n) is 2.30. The van der Waals surface area contributed by atoms with Crippen LogP contribution in [0.3, 0.4) is 0 Å². The van der Waals surface area contributed by atoms with Crippen LogP contribution in [0.1, 0.15) is 17.3 Å². The Morgan fingerprint density at radius 2 is 2.17 bits per heavy atom. The summed E-state index contributed by atoms with van der Waals surface area (Å²) < 4.78 is 13.3. The minimum absolute atomic E-state index is 0.00637. The van der Waals surface area contributed by atoms with Crippen LogP contribution in [0.4, 0.5) is 4.39 Å². The van der Waals surface area contributed by atoms with Crippen molar-refractivity contribution in [3.63, 3.8) is 0 Å². The van der Waals surface area contributed by atoms with Crippen LogP contribution in [0.5, 0.6) is 0 Å². The standard InChI is InChI=1S/C8H5BrClFO/c1-4(12)5-2-8(11)7(10)3-6(5)9/h2-3H,1H3. The molecule has 0 saturated carbocycles. The molecule has 0 saturated heterocycles. The van der Waals surface area contributed by atoms with Gasteiger partial charge in [-0.15, -0.1) is 0 Å². The zero-order valence-corrected chi connectivity index (χ0v) is 8.54. The van der Waals surface area contributed by atoms with E-state index in [1.807, 2.05) is 0 Å². The smallest absolute Gasteiger partial charge is 0.161 e. The lowest BCUT2D eigenvalue weighted by Gasteiger charge is -2.01. The van der Waals surface area contributed by atoms with Gasteiger partial charge in [0.15, 0.2) is 5.78 Å². The Balaban J connectivity index is 3.33. The van der Waals surface area contributed by atoms with E-state index in [0.29, 0.717) is 10.0 Å². The molecule has 0 aliphatic heterocycles. The molecule has 1 aromatic carbocycles. The topological polar surface area (TPSA) is 17.1 Å². The first-order chi connectivity index (χ1) is 5.52. The molecule has 0 amide bonds. The molecule has 0 aliphatic rings. The molecule has 0 aromatic heterocycles. The van der Waals surface area contributed by atoms with Crippen LogP contribution in [0.2, 0.25) is 5.02 Å². The Hall–Kier alpha value is -0.410. The van der Waals surface area contributed by atoms with Crippen LogP contribution in [0, 0.1) is 5.82 Å². The Kier molecular flexibility index (Phi) is 2.85. The zero-order chi connectivity index (χ0) is 9.30. The van der Waals surface area contributed by atoms with Crippen LogP contribution in [-0.2, 0) is 0 Å². The van der Waals surface area contributed by atoms with Crippen LogP contribution >= 0.6 is 27.5 Å². The van der Waals surface area contributed by atoms with Gasteiger partial charge in [0.25, 0.3) is 0 Å². The predicted octanol–water partition coefficient (Wildman–Crippen LogP) is 3.44. The van der Waals surface area contributed by atoms with E-state index >= 15 is 0 Å². The number of ketones is 1. The van der Waals surface area contributed by atoms with E-state index in [9.17, 15) is 9.18 Å². The van der Waals surface area contributed by atoms with Gasteiger partial charge in [-0.25, -0.2) is 4.39 Å². The Bertz CT molecular complexity index is 338. The monoisotopic (exact) mass is 250 g/mol. The summed E-state index contributed by atoms with van der Waals surface area (Å²) in [6.07, 6.45) is 0. The summed E-state index contributed by atoms with van der Waals surface area (Å²) in [6.45, 7) is 1.37. The quantitative estimate of drug-likeness (QED) is 0.552. The maximum absolute atomic E-state index is 12.8. The van der Waals surface area contributed by atoms with Crippen molar-refractivity contribution >= 4 is 33.3 Å². The molecule has 1 rings (SSSR count). The van der Waals surface area contributed by atoms with Crippen LogP contribution in [0.15, 0.2) is 16.6 Å². The Morgan fingerprint density at radius 3 is 2.67 bits per heavy atom. The van der Waals surface area contributed by atoms with Crippen molar-refractivity contribution in [1.29, 1.82) is 0 Å². The number of Topliss-reactive ketones (excluding diaryl/α,β-unsaturated/α-hetero) is 1. The molecular formula is C8H5BrClFO. The number of hydrogen-bond donors (Lipinski definition) is 0. The SMILES string of the molecule is CC(=O)c1cc(F)c(Cl)cc1Br. The molecular weight excluding hydrogens is 246 g/mol. The minimum atomic E-state index is -0.579. The molecule has 0 aliphatic carbocycles. The first-order valence-corrected chi connectivity index (χ1v) is 4.35. The van der Waals surface area contributed by atoms with Crippen molar-refractivity contribution in [3.8, 4) is 0 Å². The highest BCUT2D eigenvalue weighted by atomic mass is 79.9. The highest BCUT2D eigenvalue weighted by Crippen LogP contribution is 2.24. The van der Waals surface area contributed by atoms with Crippen molar-refractivity contribution in [3.05, 3.63) is 33.0 Å². The van der Waals surface area contributed by atoms with Crippen LogP contribution < -0.4 is 0 Å². The fourth-order valence-corrected chi connectivity index (χ4v) is 1.71. The molecule has 0 atom stereocenters. The molecule has 0 N–H and O–H groups in total. The zero-order valence-electron chi connectivity index (χ0n) is 6.20. The first kappa shape index (κ1) is 9.68. The van der Waals surface area contributed by atoms with Gasteiger partial charge >= 0.3 is 0 Å². The van der Waals surface area contributed by atoms with Crippen molar-refractivity contribution in [2.75, 3.05) is 0 Å². The lowest BCUT2D eigenvalue weighted by molar-refractivity contribution is 0.101. The highest BCUT2D eigenvalue weighted by molar-refractivity contribution is 9.10. The van der Waals surface area contributed by atoms with Gasteiger partial charge < -0.3 is 0 Å². The van der Waals surface area contributed by atoms with E-state index in [1.54, 1.807) is 0 Å². The maximum atomic E-state index is 12.8. The lowest BCUT2D eigenvalue weighted by atomic mass is 10.1. The number of hydrogen-bond acceptors (Lipinski definition) is 1. The first-order valence-electron chi connectivity index (χ1n) is 3.18. The molecule has 4 heteroatoms. The van der Waals surface area contributed by atoms with E-state index in [2.05, 4.69) is 15.9 Å². The summed E-state index contributed by atoms with van der Waals surface area (Å²) in [5.74, 6) is -0.775. The molecule has 0 bridgehead atoms. The van der Waals surface area contributed by atoms with Gasteiger partial charge in [-0.2, -0.15) is 0 Å². The molecule has 12 heavy (non-hydrogen) atoms.